The van der Waals surface area contributed by atoms with Crippen LogP contribution in [-0.4, -0.2) is 111 Å². The van der Waals surface area contributed by atoms with Crippen LogP contribution in [0.15, 0.2) is 121 Å². The maximum Gasteiger partial charge on any atom is 1.00 e. The molecule has 0 unspecified atom stereocenters. The first-order valence-corrected chi connectivity index (χ1v) is 20.8. The second kappa shape index (κ2) is 32.3. The zero-order chi connectivity index (χ0) is 72.3. The van der Waals surface area contributed by atoms with Gasteiger partial charge in [-0.25, -0.2) is 17.6 Å². The van der Waals surface area contributed by atoms with Crippen molar-refractivity contribution < 1.29 is 256 Å². The first-order chi connectivity index (χ1) is 39.4. The maximum atomic E-state index is 13.2. The van der Waals surface area contributed by atoms with Gasteiger partial charge in [-0.2, -0.15) is 158 Å². The molecule has 0 aromatic heterocycles. The molecule has 52 heteroatoms. The number of rotatable bonds is 8. The number of halogens is 44. The Hall–Kier alpha value is -4.75. The van der Waals surface area contributed by atoms with Crippen molar-refractivity contribution in [2.45, 2.75) is 96.5 Å². The van der Waals surface area contributed by atoms with E-state index in [-0.39, 0.29) is 68.0 Å². The molecule has 4 nitrogen and oxygen atoms in total. The van der Waals surface area contributed by atoms with Crippen molar-refractivity contribution in [3.63, 3.8) is 0 Å². The largest absolute Gasteiger partial charge is 1.00 e. The summed E-state index contributed by atoms with van der Waals surface area (Å²) in [4.78, 5) is 0. The summed E-state index contributed by atoms with van der Waals surface area (Å²) in [6, 6.07) is 31.8. The zero-order valence-electron chi connectivity index (χ0n) is 41.6. The quantitative estimate of drug-likeness (QED) is 0.130. The van der Waals surface area contributed by atoms with Crippen molar-refractivity contribution in [2.24, 2.45) is 0 Å². The van der Waals surface area contributed by atoms with E-state index in [9.17, 15) is 193 Å². The summed E-state index contributed by atoms with van der Waals surface area (Å²) in [5.74, 6) is -0.713. The van der Waals surface area contributed by atoms with E-state index in [0.29, 0.717) is 0 Å². The molecule has 4 aromatic carbocycles. The van der Waals surface area contributed by atoms with E-state index in [1.165, 1.54) is 67.1 Å². The molecule has 0 aliphatic carbocycles. The van der Waals surface area contributed by atoms with Crippen LogP contribution in [0.5, 0.6) is 0 Å². The Bertz CT molecular complexity index is 2200. The van der Waals surface area contributed by atoms with Crippen molar-refractivity contribution in [1.82, 2.24) is 0 Å². The smallest absolute Gasteiger partial charge is 0.486 e. The molecular weight excluding hydrogens is 1620 g/mol. The molecule has 540 valence electrons. The Kier molecular flexibility index (Phi) is 32.9. The molecule has 0 fully saturated rings. The van der Waals surface area contributed by atoms with E-state index in [4.69, 9.17) is 0 Å². The van der Waals surface area contributed by atoms with Crippen molar-refractivity contribution >= 4 is 14.2 Å². The molecule has 0 amide bonds. The minimum Gasteiger partial charge on any atom is -0.486 e. The van der Waals surface area contributed by atoms with Gasteiger partial charge in [-0.3, -0.25) is 0 Å². The molecule has 0 N–H and O–H groups in total. The minimum atomic E-state index is -8.94. The van der Waals surface area contributed by atoms with Gasteiger partial charge in [0.2, 0.25) is 0 Å². The fraction of sp³-hybridized carbons (Fsp3) is 0.400. The predicted octanol–water partition coefficient (Wildman–Crippen LogP) is 19.8. The Balaban J connectivity index is -0.000000578. The summed E-state index contributed by atoms with van der Waals surface area (Å²) in [5.41, 5.74) is -33.0. The van der Waals surface area contributed by atoms with E-state index in [0.717, 1.165) is 0 Å². The zero-order valence-corrected chi connectivity index (χ0v) is 44.5. The first kappa shape index (κ1) is 93.7. The average Bonchev–Trinajstić information content (AvgIpc) is 0.815. The molecule has 0 aliphatic heterocycles. The second-order valence-electron chi connectivity index (χ2n) is 15.4. The monoisotopic (exact) mass is 1640 g/mol. The SMILES string of the molecule is F[B-](F)(OC(C(F)(F)F)(C(F)(F)F)C(F)(F)F)OC(C(F)(F)F)(C(F)(F)F)C(F)(F)F.F[B-](F)(OC(C(F)(F)F)(C(F)(F)F)C(F)(F)F)OC(C(F)(F)F)(C(F)(F)F)C(F)(F)F.Fc1ccccc1.Fc1ccccc1.Fc1ccccc1.Fc1ccccc1.[Ag+].[Ag+]. The number of benzene rings is 4. The van der Waals surface area contributed by atoms with Crippen LogP contribution in [0, 0.1) is 23.3 Å². The number of alkyl halides is 36. The van der Waals surface area contributed by atoms with Crippen LogP contribution >= 0.6 is 0 Å². The maximum absolute atomic E-state index is 13.2. The van der Waals surface area contributed by atoms with Crippen LogP contribution < -0.4 is 0 Å². The normalized spacial score (nSPS) is 13.9. The molecule has 92 heavy (non-hydrogen) atoms. The summed E-state index contributed by atoms with van der Waals surface area (Å²) in [6.07, 6.45) is -97.9. The van der Waals surface area contributed by atoms with Gasteiger partial charge in [-0.1, -0.05) is 72.8 Å². The van der Waals surface area contributed by atoms with Crippen LogP contribution in [0.3, 0.4) is 0 Å². The average molecular weight is 1640 g/mol. The fourth-order valence-corrected chi connectivity index (χ4v) is 5.26. The first-order valence-electron chi connectivity index (χ1n) is 20.8. The van der Waals surface area contributed by atoms with Gasteiger partial charge < -0.3 is 35.9 Å². The van der Waals surface area contributed by atoms with Gasteiger partial charge in [0.25, 0.3) is 0 Å². The summed E-state index contributed by atoms with van der Waals surface area (Å²) >= 11 is 0. The van der Waals surface area contributed by atoms with Crippen LogP contribution in [0.4, 0.5) is 193 Å². The molecule has 0 heterocycles. The van der Waals surface area contributed by atoms with Gasteiger partial charge in [0, 0.05) is 0 Å². The summed E-state index contributed by atoms with van der Waals surface area (Å²) < 4.78 is 552. The third kappa shape index (κ3) is 23.9. The topological polar surface area (TPSA) is 36.9 Å². The molecule has 0 atom stereocenters. The fourth-order valence-electron chi connectivity index (χ4n) is 5.26. The molecule has 0 saturated carbocycles. The number of hydrogen-bond acceptors (Lipinski definition) is 4. The molecule has 0 spiro atoms. The van der Waals surface area contributed by atoms with E-state index in [1.807, 2.05) is 0 Å². The summed E-state index contributed by atoms with van der Waals surface area (Å²) in [5, 5.41) is 0. The Morgan fingerprint density at radius 2 is 0.272 bits per heavy atom. The van der Waals surface area contributed by atoms with Crippen molar-refractivity contribution in [3.8, 4) is 0 Å². The minimum absolute atomic E-state index is 0. The van der Waals surface area contributed by atoms with E-state index < -0.39 is 111 Å². The van der Waals surface area contributed by atoms with Gasteiger partial charge in [0.1, 0.15) is 23.3 Å². The molecule has 0 bridgehead atoms. The van der Waals surface area contributed by atoms with Gasteiger partial charge in [0.15, 0.2) is 0 Å². The van der Waals surface area contributed by atoms with Gasteiger partial charge in [-0.05, 0) is 48.5 Å². The Labute approximate surface area is 510 Å². The summed E-state index contributed by atoms with van der Waals surface area (Å²) in [7, 11) is -17.9. The third-order valence-corrected chi connectivity index (χ3v) is 8.98. The Morgan fingerprint density at radius 3 is 0.326 bits per heavy atom. The third-order valence-electron chi connectivity index (χ3n) is 8.98. The van der Waals surface area contributed by atoms with Gasteiger partial charge in [0.05, 0.1) is 0 Å². The molecule has 0 radical (unpaired) electrons. The van der Waals surface area contributed by atoms with E-state index >= 15 is 0 Å². The van der Waals surface area contributed by atoms with Gasteiger partial charge >= 0.3 is 155 Å². The summed E-state index contributed by atoms with van der Waals surface area (Å²) in [6.45, 7) is 0. The molecular formula is C40H20Ag2B2F44O4. The molecule has 4 aromatic rings. The molecule has 4 rings (SSSR count). The molecule has 0 saturated heterocycles. The number of hydrogen-bond donors (Lipinski definition) is 0. The van der Waals surface area contributed by atoms with Crippen molar-refractivity contribution in [2.75, 3.05) is 0 Å². The molecule has 0 aliphatic rings. The van der Waals surface area contributed by atoms with Crippen LogP contribution in [-0.2, 0) is 63.4 Å². The Morgan fingerprint density at radius 1 is 0.185 bits per heavy atom. The van der Waals surface area contributed by atoms with Crippen LogP contribution in [0.25, 0.3) is 0 Å². The van der Waals surface area contributed by atoms with Gasteiger partial charge in [-0.15, -0.1) is 0 Å². The van der Waals surface area contributed by atoms with Crippen LogP contribution in [0.2, 0.25) is 0 Å². The van der Waals surface area contributed by atoms with Crippen molar-refractivity contribution in [3.05, 3.63) is 145 Å². The second-order valence-corrected chi connectivity index (χ2v) is 15.4. The predicted molar refractivity (Wildman–Crippen MR) is 209 cm³/mol. The standard InChI is InChI=1S/2C8BF20O2.4C6H5F.2Ag/c2*10-3(11,12)1(4(13,14)15,5(16,17)18)30-9(28,29)31-2(6(19,20)21,7(22,23)24)8(25,26)27;4*7-6-4-2-1-3-5-6;;/h;;4*1-5H;;/q2*-1;;;;;2*+1. The van der Waals surface area contributed by atoms with Crippen molar-refractivity contribution in [1.29, 1.82) is 0 Å². The van der Waals surface area contributed by atoms with E-state index in [2.05, 4.69) is 0 Å². The van der Waals surface area contributed by atoms with Crippen LogP contribution in [0.1, 0.15) is 0 Å². The van der Waals surface area contributed by atoms with E-state index in [1.54, 1.807) is 72.8 Å².